The number of ether oxygens (including phenoxy) is 1. The number of rotatable bonds is 22. The van der Waals surface area contributed by atoms with Crippen LogP contribution >= 0.6 is 0 Å². The average molecular weight is 421 g/mol. The van der Waals surface area contributed by atoms with Crippen molar-refractivity contribution >= 4 is 0 Å². The Hall–Kier alpha value is -0.480. The molecule has 1 heteroatoms. The fourth-order valence-electron chi connectivity index (χ4n) is 4.24. The van der Waals surface area contributed by atoms with E-state index in [1.165, 1.54) is 122 Å². The topological polar surface area (TPSA) is 9.23 Å². The molecule has 0 aliphatic carbocycles. The molecule has 0 aliphatic rings. The standard InChI is InChI=1S/C29H56O/c1-5-9-13-17-22-28(21-16-12-8-4)25-20-26-30-27-29(23-18-14-10-6-2)24-19-15-11-7-3/h28-29H,5-19,21-24,26-27H2,1-4H3. The summed E-state index contributed by atoms with van der Waals surface area (Å²) in [7, 11) is 0. The van der Waals surface area contributed by atoms with Gasteiger partial charge in [0.2, 0.25) is 0 Å². The van der Waals surface area contributed by atoms with Crippen molar-refractivity contribution in [3.05, 3.63) is 0 Å². The highest BCUT2D eigenvalue weighted by atomic mass is 16.5. The fraction of sp³-hybridized carbons (Fsp3) is 0.931. The van der Waals surface area contributed by atoms with E-state index in [1.54, 1.807) is 0 Å². The van der Waals surface area contributed by atoms with Crippen molar-refractivity contribution in [1.29, 1.82) is 0 Å². The van der Waals surface area contributed by atoms with Crippen LogP contribution in [0.2, 0.25) is 0 Å². The third kappa shape index (κ3) is 20.8. The van der Waals surface area contributed by atoms with Gasteiger partial charge in [-0.3, -0.25) is 0 Å². The predicted molar refractivity (Wildman–Crippen MR) is 136 cm³/mol. The first-order valence-corrected chi connectivity index (χ1v) is 13.8. The minimum Gasteiger partial charge on any atom is -0.368 e. The van der Waals surface area contributed by atoms with Gasteiger partial charge in [-0.25, -0.2) is 0 Å². The normalized spacial score (nSPS) is 12.2. The molecule has 0 aromatic carbocycles. The molecule has 0 heterocycles. The molecule has 30 heavy (non-hydrogen) atoms. The van der Waals surface area contributed by atoms with Crippen molar-refractivity contribution < 1.29 is 4.74 Å². The minimum atomic E-state index is 0.593. The molecule has 0 fully saturated rings. The van der Waals surface area contributed by atoms with Gasteiger partial charge in [0.15, 0.2) is 0 Å². The third-order valence-corrected chi connectivity index (χ3v) is 6.33. The SMILES string of the molecule is CCCCCCC(C#CCOCC(CCCCCC)CCCCCC)CCCCC. The van der Waals surface area contributed by atoms with Crippen LogP contribution in [0.1, 0.15) is 150 Å². The molecule has 0 saturated carbocycles. The maximum absolute atomic E-state index is 6.06. The second kappa shape index (κ2) is 24.8. The monoisotopic (exact) mass is 420 g/mol. The van der Waals surface area contributed by atoms with E-state index in [-0.39, 0.29) is 0 Å². The fourth-order valence-corrected chi connectivity index (χ4v) is 4.24. The van der Waals surface area contributed by atoms with Gasteiger partial charge in [0.1, 0.15) is 6.61 Å². The molecule has 0 aliphatic heterocycles. The van der Waals surface area contributed by atoms with Gasteiger partial charge >= 0.3 is 0 Å². The summed E-state index contributed by atoms with van der Waals surface area (Å²) in [6.07, 6.45) is 25.6. The second-order valence-electron chi connectivity index (χ2n) is 9.44. The summed E-state index contributed by atoms with van der Waals surface area (Å²) in [5.41, 5.74) is 0. The first-order chi connectivity index (χ1) is 14.8. The highest BCUT2D eigenvalue weighted by Crippen LogP contribution is 2.19. The molecule has 1 unspecified atom stereocenters. The van der Waals surface area contributed by atoms with Gasteiger partial charge in [-0.15, -0.1) is 0 Å². The number of hydrogen-bond acceptors (Lipinski definition) is 1. The highest BCUT2D eigenvalue weighted by Gasteiger charge is 2.09. The first kappa shape index (κ1) is 29.5. The van der Waals surface area contributed by atoms with Crippen LogP contribution in [0.5, 0.6) is 0 Å². The summed E-state index contributed by atoms with van der Waals surface area (Å²) >= 11 is 0. The molecule has 0 saturated heterocycles. The molecular formula is C29H56O. The Bertz CT molecular complexity index is 366. The van der Waals surface area contributed by atoms with E-state index in [9.17, 15) is 0 Å². The zero-order chi connectivity index (χ0) is 22.1. The van der Waals surface area contributed by atoms with Crippen molar-refractivity contribution in [2.24, 2.45) is 11.8 Å². The van der Waals surface area contributed by atoms with Gasteiger partial charge in [-0.05, 0) is 31.6 Å². The average Bonchev–Trinajstić information content (AvgIpc) is 2.76. The Kier molecular flexibility index (Phi) is 24.4. The van der Waals surface area contributed by atoms with Gasteiger partial charge in [0, 0.05) is 5.92 Å². The van der Waals surface area contributed by atoms with Gasteiger partial charge in [0.25, 0.3) is 0 Å². The maximum atomic E-state index is 6.06. The second-order valence-corrected chi connectivity index (χ2v) is 9.44. The molecular weight excluding hydrogens is 364 g/mol. The molecule has 0 aromatic rings. The third-order valence-electron chi connectivity index (χ3n) is 6.33. The Morgan fingerprint density at radius 1 is 0.533 bits per heavy atom. The molecule has 0 aromatic heterocycles. The van der Waals surface area contributed by atoms with Gasteiger partial charge < -0.3 is 4.74 Å². The summed E-state index contributed by atoms with van der Waals surface area (Å²) in [6, 6.07) is 0. The van der Waals surface area contributed by atoms with Crippen LogP contribution in [0, 0.1) is 23.7 Å². The molecule has 0 N–H and O–H groups in total. The van der Waals surface area contributed by atoms with Crippen LogP contribution in [0.3, 0.4) is 0 Å². The van der Waals surface area contributed by atoms with Gasteiger partial charge in [-0.1, -0.05) is 136 Å². The molecule has 178 valence electrons. The lowest BCUT2D eigenvalue weighted by molar-refractivity contribution is 0.116. The quantitative estimate of drug-likeness (QED) is 0.125. The largest absolute Gasteiger partial charge is 0.368 e. The lowest BCUT2D eigenvalue weighted by Gasteiger charge is -2.16. The molecule has 1 atom stereocenters. The first-order valence-electron chi connectivity index (χ1n) is 13.8. The zero-order valence-corrected chi connectivity index (χ0v) is 21.4. The van der Waals surface area contributed by atoms with E-state index in [0.29, 0.717) is 12.5 Å². The van der Waals surface area contributed by atoms with Crippen LogP contribution < -0.4 is 0 Å². The predicted octanol–water partition coefficient (Wildman–Crippen LogP) is 9.73. The van der Waals surface area contributed by atoms with Crippen molar-refractivity contribution in [2.75, 3.05) is 13.2 Å². The molecule has 0 bridgehead atoms. The smallest absolute Gasteiger partial charge is 0.107 e. The van der Waals surface area contributed by atoms with E-state index in [1.807, 2.05) is 0 Å². The Balaban J connectivity index is 4.28. The van der Waals surface area contributed by atoms with Crippen molar-refractivity contribution in [1.82, 2.24) is 0 Å². The van der Waals surface area contributed by atoms with Crippen molar-refractivity contribution in [3.8, 4) is 11.8 Å². The molecule has 0 spiro atoms. The van der Waals surface area contributed by atoms with Crippen LogP contribution in [-0.4, -0.2) is 13.2 Å². The summed E-state index contributed by atoms with van der Waals surface area (Å²) in [6.45, 7) is 10.7. The van der Waals surface area contributed by atoms with Crippen LogP contribution in [0.25, 0.3) is 0 Å². The van der Waals surface area contributed by atoms with Crippen molar-refractivity contribution in [3.63, 3.8) is 0 Å². The number of unbranched alkanes of at least 4 members (excludes halogenated alkanes) is 11. The summed E-state index contributed by atoms with van der Waals surface area (Å²) < 4.78 is 6.06. The minimum absolute atomic E-state index is 0.593. The van der Waals surface area contributed by atoms with E-state index in [4.69, 9.17) is 4.74 Å². The molecule has 0 rings (SSSR count). The Labute approximate surface area is 191 Å². The zero-order valence-electron chi connectivity index (χ0n) is 21.4. The Morgan fingerprint density at radius 2 is 0.967 bits per heavy atom. The van der Waals surface area contributed by atoms with Crippen LogP contribution in [0.4, 0.5) is 0 Å². The van der Waals surface area contributed by atoms with E-state index in [0.717, 1.165) is 12.5 Å². The lowest BCUT2D eigenvalue weighted by Crippen LogP contribution is -2.10. The van der Waals surface area contributed by atoms with Gasteiger partial charge in [0.05, 0.1) is 6.61 Å². The number of hydrogen-bond donors (Lipinski definition) is 0. The van der Waals surface area contributed by atoms with Gasteiger partial charge in [-0.2, -0.15) is 0 Å². The molecule has 1 nitrogen and oxygen atoms in total. The lowest BCUT2D eigenvalue weighted by atomic mass is 9.95. The summed E-state index contributed by atoms with van der Waals surface area (Å²) in [5.74, 6) is 8.30. The highest BCUT2D eigenvalue weighted by molar-refractivity contribution is 5.04. The van der Waals surface area contributed by atoms with E-state index < -0.39 is 0 Å². The van der Waals surface area contributed by atoms with E-state index in [2.05, 4.69) is 39.5 Å². The summed E-state index contributed by atoms with van der Waals surface area (Å²) in [5, 5.41) is 0. The van der Waals surface area contributed by atoms with E-state index >= 15 is 0 Å². The maximum Gasteiger partial charge on any atom is 0.107 e. The van der Waals surface area contributed by atoms with Crippen LogP contribution in [0.15, 0.2) is 0 Å². The molecule has 0 amide bonds. The summed E-state index contributed by atoms with van der Waals surface area (Å²) in [4.78, 5) is 0. The Morgan fingerprint density at radius 3 is 1.47 bits per heavy atom. The van der Waals surface area contributed by atoms with Crippen LogP contribution in [-0.2, 0) is 4.74 Å². The molecule has 0 radical (unpaired) electrons. The van der Waals surface area contributed by atoms with Crippen molar-refractivity contribution in [2.45, 2.75) is 150 Å².